The molecule has 1 atom stereocenters. The largest absolute Gasteiger partial charge is 0.313 e. The van der Waals surface area contributed by atoms with E-state index in [0.717, 1.165) is 12.0 Å². The fraction of sp³-hybridized carbons (Fsp3) is 1.00. The van der Waals surface area contributed by atoms with Crippen LogP contribution in [-0.2, 0) is 0 Å². The normalized spacial score (nSPS) is 28.5. The van der Waals surface area contributed by atoms with Crippen molar-refractivity contribution in [3.8, 4) is 0 Å². The molecule has 70 valence electrons. The number of rotatable bonds is 5. The molecule has 1 nitrogen and oxygen atoms in total. The maximum absolute atomic E-state index is 3.73. The van der Waals surface area contributed by atoms with Gasteiger partial charge < -0.3 is 5.32 Å². The van der Waals surface area contributed by atoms with Crippen LogP contribution in [0.3, 0.4) is 0 Å². The predicted molar refractivity (Wildman–Crippen MR) is 52.1 cm³/mol. The van der Waals surface area contributed by atoms with E-state index in [-0.39, 0.29) is 0 Å². The second kappa shape index (κ2) is 3.02. The van der Waals surface area contributed by atoms with Crippen LogP contribution in [0.2, 0.25) is 0 Å². The van der Waals surface area contributed by atoms with Gasteiger partial charge in [0.1, 0.15) is 0 Å². The highest BCUT2D eigenvalue weighted by atomic mass is 15.0. The van der Waals surface area contributed by atoms with Crippen LogP contribution in [0.15, 0.2) is 0 Å². The SMILES string of the molecule is CCCNC(C1CC1)C1(C)CC1. The summed E-state index contributed by atoms with van der Waals surface area (Å²) < 4.78 is 0. The summed E-state index contributed by atoms with van der Waals surface area (Å²) in [5.74, 6) is 1.03. The molecule has 0 aromatic rings. The maximum atomic E-state index is 3.73. The smallest absolute Gasteiger partial charge is 0.0149 e. The number of hydrogen-bond donors (Lipinski definition) is 1. The molecule has 2 aliphatic rings. The lowest BCUT2D eigenvalue weighted by molar-refractivity contribution is 0.322. The first kappa shape index (κ1) is 8.55. The van der Waals surface area contributed by atoms with Gasteiger partial charge in [-0.1, -0.05) is 13.8 Å². The molecule has 0 aromatic heterocycles. The van der Waals surface area contributed by atoms with E-state index in [1.807, 2.05) is 0 Å². The van der Waals surface area contributed by atoms with E-state index < -0.39 is 0 Å². The minimum absolute atomic E-state index is 0.691. The Labute approximate surface area is 75.9 Å². The first-order chi connectivity index (χ1) is 5.76. The molecular weight excluding hydrogens is 146 g/mol. The third kappa shape index (κ3) is 1.66. The Bertz CT molecular complexity index is 156. The first-order valence-electron chi connectivity index (χ1n) is 5.49. The minimum atomic E-state index is 0.691. The Morgan fingerprint density at radius 2 is 2.08 bits per heavy atom. The number of nitrogens with one attached hydrogen (secondary N) is 1. The summed E-state index contributed by atoms with van der Waals surface area (Å²) in [6.07, 6.45) is 7.17. The molecule has 0 amide bonds. The highest BCUT2D eigenvalue weighted by Crippen LogP contribution is 2.54. The van der Waals surface area contributed by atoms with Crippen molar-refractivity contribution >= 4 is 0 Å². The van der Waals surface area contributed by atoms with E-state index in [0.29, 0.717) is 5.41 Å². The maximum Gasteiger partial charge on any atom is 0.0149 e. The second-order valence-electron chi connectivity index (χ2n) is 4.92. The van der Waals surface area contributed by atoms with E-state index >= 15 is 0 Å². The van der Waals surface area contributed by atoms with E-state index in [9.17, 15) is 0 Å². The predicted octanol–water partition coefficient (Wildman–Crippen LogP) is 2.56. The Balaban J connectivity index is 1.84. The van der Waals surface area contributed by atoms with E-state index in [1.165, 1.54) is 38.6 Å². The Kier molecular flexibility index (Phi) is 2.16. The van der Waals surface area contributed by atoms with Gasteiger partial charge in [0.2, 0.25) is 0 Å². The van der Waals surface area contributed by atoms with Crippen LogP contribution in [0.5, 0.6) is 0 Å². The molecule has 0 aromatic carbocycles. The summed E-state index contributed by atoms with van der Waals surface area (Å²) in [4.78, 5) is 0. The molecule has 0 saturated heterocycles. The summed E-state index contributed by atoms with van der Waals surface area (Å²) >= 11 is 0. The molecule has 0 bridgehead atoms. The van der Waals surface area contributed by atoms with Gasteiger partial charge in [-0.15, -0.1) is 0 Å². The topological polar surface area (TPSA) is 12.0 Å². The number of hydrogen-bond acceptors (Lipinski definition) is 1. The van der Waals surface area contributed by atoms with Crippen molar-refractivity contribution in [1.29, 1.82) is 0 Å². The van der Waals surface area contributed by atoms with Crippen molar-refractivity contribution in [2.45, 2.75) is 52.0 Å². The molecule has 0 aliphatic heterocycles. The quantitative estimate of drug-likeness (QED) is 0.663. The van der Waals surface area contributed by atoms with E-state index in [4.69, 9.17) is 0 Å². The van der Waals surface area contributed by atoms with E-state index in [2.05, 4.69) is 19.2 Å². The van der Waals surface area contributed by atoms with E-state index in [1.54, 1.807) is 0 Å². The molecule has 2 aliphatic carbocycles. The van der Waals surface area contributed by atoms with Gasteiger partial charge in [-0.05, 0) is 50.0 Å². The summed E-state index contributed by atoms with van der Waals surface area (Å²) in [5.41, 5.74) is 0.691. The molecule has 2 rings (SSSR count). The zero-order valence-electron chi connectivity index (χ0n) is 8.40. The van der Waals surface area contributed by atoms with Crippen molar-refractivity contribution in [3.63, 3.8) is 0 Å². The second-order valence-corrected chi connectivity index (χ2v) is 4.92. The first-order valence-corrected chi connectivity index (χ1v) is 5.49. The van der Waals surface area contributed by atoms with Gasteiger partial charge >= 0.3 is 0 Å². The zero-order valence-corrected chi connectivity index (χ0v) is 8.40. The van der Waals surface area contributed by atoms with Gasteiger partial charge in [-0.25, -0.2) is 0 Å². The molecule has 1 heteroatoms. The monoisotopic (exact) mass is 167 g/mol. The van der Waals surface area contributed by atoms with Crippen molar-refractivity contribution in [3.05, 3.63) is 0 Å². The molecule has 0 radical (unpaired) electrons. The lowest BCUT2D eigenvalue weighted by Crippen LogP contribution is -2.38. The van der Waals surface area contributed by atoms with Crippen molar-refractivity contribution in [1.82, 2.24) is 5.32 Å². The van der Waals surface area contributed by atoms with Crippen LogP contribution in [0.4, 0.5) is 0 Å². The molecule has 1 N–H and O–H groups in total. The van der Waals surface area contributed by atoms with Gasteiger partial charge in [0.25, 0.3) is 0 Å². The Morgan fingerprint density at radius 3 is 2.50 bits per heavy atom. The van der Waals surface area contributed by atoms with Crippen molar-refractivity contribution in [2.75, 3.05) is 6.54 Å². The zero-order chi connectivity index (χ0) is 8.60. The fourth-order valence-electron chi connectivity index (χ4n) is 2.22. The average Bonchev–Trinajstić information content (AvgIpc) is 2.88. The van der Waals surface area contributed by atoms with Crippen molar-refractivity contribution < 1.29 is 0 Å². The average molecular weight is 167 g/mol. The Hall–Kier alpha value is -0.0400. The van der Waals surface area contributed by atoms with Crippen molar-refractivity contribution in [2.24, 2.45) is 11.3 Å². The lowest BCUT2D eigenvalue weighted by Gasteiger charge is -2.24. The van der Waals surface area contributed by atoms with Gasteiger partial charge in [0.15, 0.2) is 0 Å². The van der Waals surface area contributed by atoms with Crippen LogP contribution < -0.4 is 5.32 Å². The summed E-state index contributed by atoms with van der Waals surface area (Å²) in [7, 11) is 0. The van der Waals surface area contributed by atoms with Crippen LogP contribution in [0.1, 0.15) is 46.0 Å². The standard InChI is InChI=1S/C11H21N/c1-3-8-12-10(9-4-5-9)11(2)6-7-11/h9-10,12H,3-8H2,1-2H3. The third-order valence-electron chi connectivity index (χ3n) is 3.50. The molecule has 2 fully saturated rings. The summed E-state index contributed by atoms with van der Waals surface area (Å²) in [6.45, 7) is 5.93. The van der Waals surface area contributed by atoms with Crippen LogP contribution in [-0.4, -0.2) is 12.6 Å². The molecule has 2 saturated carbocycles. The minimum Gasteiger partial charge on any atom is -0.313 e. The van der Waals surface area contributed by atoms with Gasteiger partial charge in [-0.3, -0.25) is 0 Å². The summed E-state index contributed by atoms with van der Waals surface area (Å²) in [5, 5.41) is 3.73. The molecule has 1 unspecified atom stereocenters. The highest BCUT2D eigenvalue weighted by Gasteiger charge is 2.50. The fourth-order valence-corrected chi connectivity index (χ4v) is 2.22. The summed E-state index contributed by atoms with van der Waals surface area (Å²) in [6, 6.07) is 0.859. The lowest BCUT2D eigenvalue weighted by atomic mass is 9.94. The highest BCUT2D eigenvalue weighted by molar-refractivity contribution is 5.04. The van der Waals surface area contributed by atoms with Gasteiger partial charge in [0, 0.05) is 6.04 Å². The third-order valence-corrected chi connectivity index (χ3v) is 3.50. The van der Waals surface area contributed by atoms with Crippen LogP contribution in [0.25, 0.3) is 0 Å². The van der Waals surface area contributed by atoms with Crippen LogP contribution in [0, 0.1) is 11.3 Å². The molecule has 0 heterocycles. The Morgan fingerprint density at radius 1 is 1.42 bits per heavy atom. The van der Waals surface area contributed by atoms with Gasteiger partial charge in [-0.2, -0.15) is 0 Å². The molecule has 0 spiro atoms. The van der Waals surface area contributed by atoms with Gasteiger partial charge in [0.05, 0.1) is 0 Å². The molecule has 12 heavy (non-hydrogen) atoms. The molecular formula is C11H21N. The van der Waals surface area contributed by atoms with Crippen LogP contribution >= 0.6 is 0 Å².